The van der Waals surface area contributed by atoms with Crippen LogP contribution in [0, 0.1) is 10.1 Å². The van der Waals surface area contributed by atoms with E-state index in [4.69, 9.17) is 0 Å². The number of sulfone groups is 1. The molecule has 0 atom stereocenters. The molecule has 1 amide bonds. The Morgan fingerprint density at radius 2 is 1.83 bits per heavy atom. The van der Waals surface area contributed by atoms with Gasteiger partial charge in [0.2, 0.25) is 0 Å². The summed E-state index contributed by atoms with van der Waals surface area (Å²) in [5.41, 5.74) is -0.462. The smallest absolute Gasteiger partial charge is 0.283 e. The minimum absolute atomic E-state index is 0.177. The zero-order chi connectivity index (χ0) is 18.5. The van der Waals surface area contributed by atoms with Crippen LogP contribution in [0.1, 0.15) is 10.4 Å². The van der Waals surface area contributed by atoms with Gasteiger partial charge in [-0.2, -0.15) is 0 Å². The van der Waals surface area contributed by atoms with Gasteiger partial charge in [0.05, 0.1) is 15.5 Å². The normalized spacial score (nSPS) is 11.2. The quantitative estimate of drug-likeness (QED) is 0.341. The van der Waals surface area contributed by atoms with Gasteiger partial charge < -0.3 is 10.2 Å². The number of anilines is 1. The van der Waals surface area contributed by atoms with Crippen molar-refractivity contribution < 1.29 is 18.1 Å². The lowest BCUT2D eigenvalue weighted by molar-refractivity contribution is -0.385. The SMILES string of the molecule is CNC(=O)c1cc(N(CCBr)CCBr)c(S(C)(=O)=O)cc1[N+](=O)[O-]. The van der Waals surface area contributed by atoms with Gasteiger partial charge in [-0.15, -0.1) is 0 Å². The highest BCUT2D eigenvalue weighted by Crippen LogP contribution is 2.33. The number of hydrogen-bond donors (Lipinski definition) is 1. The molecule has 134 valence electrons. The van der Waals surface area contributed by atoms with Gasteiger partial charge >= 0.3 is 0 Å². The van der Waals surface area contributed by atoms with Crippen LogP contribution in [0.15, 0.2) is 17.0 Å². The van der Waals surface area contributed by atoms with Crippen LogP contribution in [0.2, 0.25) is 0 Å². The summed E-state index contributed by atoms with van der Waals surface area (Å²) >= 11 is 6.59. The lowest BCUT2D eigenvalue weighted by atomic mass is 10.1. The predicted octanol–water partition coefficient (Wildman–Crippen LogP) is 1.95. The van der Waals surface area contributed by atoms with Gasteiger partial charge in [0, 0.05) is 43.1 Å². The van der Waals surface area contributed by atoms with Gasteiger partial charge in [0.1, 0.15) is 5.56 Å². The summed E-state index contributed by atoms with van der Waals surface area (Å²) in [5.74, 6) is -0.652. The van der Waals surface area contributed by atoms with Crippen molar-refractivity contribution in [3.63, 3.8) is 0 Å². The van der Waals surface area contributed by atoms with Crippen molar-refractivity contribution in [2.45, 2.75) is 4.90 Å². The van der Waals surface area contributed by atoms with E-state index >= 15 is 0 Å². The van der Waals surface area contributed by atoms with E-state index in [-0.39, 0.29) is 16.1 Å². The summed E-state index contributed by atoms with van der Waals surface area (Å²) in [7, 11) is -2.38. The summed E-state index contributed by atoms with van der Waals surface area (Å²) in [6.45, 7) is 0.943. The first-order valence-electron chi connectivity index (χ1n) is 6.78. The third-order valence-electron chi connectivity index (χ3n) is 3.19. The number of amides is 1. The summed E-state index contributed by atoms with van der Waals surface area (Å²) < 4.78 is 24.2. The van der Waals surface area contributed by atoms with Crippen LogP contribution in [0.3, 0.4) is 0 Å². The van der Waals surface area contributed by atoms with Gasteiger partial charge in [-0.05, 0) is 6.07 Å². The number of nitro groups is 1. The van der Waals surface area contributed by atoms with Crippen LogP contribution < -0.4 is 10.2 Å². The highest BCUT2D eigenvalue weighted by molar-refractivity contribution is 9.09. The number of hydrogen-bond acceptors (Lipinski definition) is 6. The Labute approximate surface area is 156 Å². The molecule has 8 nitrogen and oxygen atoms in total. The molecule has 0 aliphatic carbocycles. The molecule has 11 heteroatoms. The van der Waals surface area contributed by atoms with Crippen molar-refractivity contribution in [2.24, 2.45) is 0 Å². The molecule has 0 fully saturated rings. The summed E-state index contributed by atoms with van der Waals surface area (Å²) in [6, 6.07) is 2.21. The van der Waals surface area contributed by atoms with Gasteiger partial charge in [0.25, 0.3) is 11.6 Å². The molecule has 0 bridgehead atoms. The van der Waals surface area contributed by atoms with Crippen LogP contribution >= 0.6 is 31.9 Å². The first-order valence-corrected chi connectivity index (χ1v) is 10.9. The van der Waals surface area contributed by atoms with E-state index in [1.807, 2.05) is 0 Å². The molecular formula is C13H17Br2N3O5S. The minimum atomic E-state index is -3.73. The fourth-order valence-electron chi connectivity index (χ4n) is 2.13. The molecule has 0 aliphatic rings. The number of carbonyl (C=O) groups is 1. The molecule has 1 N–H and O–H groups in total. The Morgan fingerprint density at radius 1 is 1.29 bits per heavy atom. The minimum Gasteiger partial charge on any atom is -0.369 e. The van der Waals surface area contributed by atoms with Crippen molar-refractivity contribution in [1.82, 2.24) is 5.32 Å². The molecule has 0 saturated carbocycles. The third kappa shape index (κ3) is 4.90. The van der Waals surface area contributed by atoms with E-state index < -0.39 is 26.4 Å². The number of nitrogens with one attached hydrogen (secondary N) is 1. The summed E-state index contributed by atoms with van der Waals surface area (Å²) in [6.07, 6.45) is 0.982. The molecule has 0 spiro atoms. The molecular weight excluding hydrogens is 470 g/mol. The molecule has 1 aromatic carbocycles. The Morgan fingerprint density at radius 3 is 2.21 bits per heavy atom. The highest BCUT2D eigenvalue weighted by atomic mass is 79.9. The van der Waals surface area contributed by atoms with Crippen LogP contribution in [0.25, 0.3) is 0 Å². The first kappa shape index (κ1) is 20.8. The maximum absolute atomic E-state index is 12.1. The topological polar surface area (TPSA) is 110 Å². The van der Waals surface area contributed by atoms with Crippen molar-refractivity contribution in [3.8, 4) is 0 Å². The largest absolute Gasteiger partial charge is 0.369 e. The number of alkyl halides is 2. The molecule has 0 radical (unpaired) electrons. The number of halogens is 2. The second-order valence-corrected chi connectivity index (χ2v) is 8.38. The summed E-state index contributed by atoms with van der Waals surface area (Å²) in [4.78, 5) is 24.1. The van der Waals surface area contributed by atoms with Crippen molar-refractivity contribution in [2.75, 3.05) is 42.0 Å². The average Bonchev–Trinajstić information content (AvgIpc) is 2.51. The second kappa shape index (κ2) is 8.77. The molecule has 0 aliphatic heterocycles. The average molecular weight is 487 g/mol. The second-order valence-electron chi connectivity index (χ2n) is 4.81. The number of rotatable bonds is 8. The lowest BCUT2D eigenvalue weighted by Crippen LogP contribution is -2.30. The molecule has 0 aromatic heterocycles. The number of carbonyl (C=O) groups excluding carboxylic acids is 1. The number of nitrogens with zero attached hydrogens (tertiary/aromatic N) is 2. The first-order chi connectivity index (χ1) is 11.2. The van der Waals surface area contributed by atoms with E-state index in [2.05, 4.69) is 37.2 Å². The monoisotopic (exact) mass is 485 g/mol. The Bertz CT molecular complexity index is 733. The van der Waals surface area contributed by atoms with E-state index in [9.17, 15) is 23.3 Å². The Balaban J connectivity index is 3.76. The Kier molecular flexibility index (Phi) is 7.61. The van der Waals surface area contributed by atoms with E-state index in [1.165, 1.54) is 13.1 Å². The molecule has 0 unspecified atom stereocenters. The maximum atomic E-state index is 12.1. The van der Waals surface area contributed by atoms with E-state index in [0.29, 0.717) is 23.7 Å². The molecule has 0 saturated heterocycles. The van der Waals surface area contributed by atoms with Crippen LogP contribution in [0.5, 0.6) is 0 Å². The number of nitro benzene ring substituents is 1. The number of benzene rings is 1. The van der Waals surface area contributed by atoms with Gasteiger partial charge in [-0.1, -0.05) is 31.9 Å². The van der Waals surface area contributed by atoms with Gasteiger partial charge in [-0.25, -0.2) is 8.42 Å². The molecule has 1 aromatic rings. The van der Waals surface area contributed by atoms with Gasteiger partial charge in [0.15, 0.2) is 9.84 Å². The van der Waals surface area contributed by atoms with Crippen LogP contribution in [0.4, 0.5) is 11.4 Å². The van der Waals surface area contributed by atoms with Crippen molar-refractivity contribution >= 4 is 59.0 Å². The Hall–Kier alpha value is -1.20. The van der Waals surface area contributed by atoms with Crippen molar-refractivity contribution in [1.29, 1.82) is 0 Å². The van der Waals surface area contributed by atoms with Crippen molar-refractivity contribution in [3.05, 3.63) is 27.8 Å². The zero-order valence-electron chi connectivity index (χ0n) is 13.1. The van der Waals surface area contributed by atoms with Gasteiger partial charge in [-0.3, -0.25) is 14.9 Å². The fourth-order valence-corrected chi connectivity index (χ4v) is 3.88. The maximum Gasteiger partial charge on any atom is 0.283 e. The van der Waals surface area contributed by atoms with Crippen LogP contribution in [-0.2, 0) is 9.84 Å². The zero-order valence-corrected chi connectivity index (χ0v) is 17.1. The lowest BCUT2D eigenvalue weighted by Gasteiger charge is -2.25. The summed E-state index contributed by atoms with van der Waals surface area (Å²) in [5, 5.41) is 14.7. The third-order valence-corrected chi connectivity index (χ3v) is 5.03. The predicted molar refractivity (Wildman–Crippen MR) is 99.4 cm³/mol. The standard InChI is InChI=1S/C13H17Br2N3O5S/c1-16-13(19)9-7-11(17(5-3-14)6-4-15)12(24(2,22)23)8-10(9)18(20)21/h7-8H,3-6H2,1-2H3,(H,16,19). The molecule has 1 rings (SSSR count). The van der Waals surface area contributed by atoms with E-state index in [1.54, 1.807) is 4.90 Å². The fraction of sp³-hybridized carbons (Fsp3) is 0.462. The molecule has 0 heterocycles. The highest BCUT2D eigenvalue weighted by Gasteiger charge is 2.28. The van der Waals surface area contributed by atoms with Crippen LogP contribution in [-0.4, -0.2) is 56.3 Å². The molecule has 24 heavy (non-hydrogen) atoms. The van der Waals surface area contributed by atoms with E-state index in [0.717, 1.165) is 12.3 Å².